The molecule has 1 aromatic heterocycles. The van der Waals surface area contributed by atoms with Gasteiger partial charge >= 0.3 is 0 Å². The maximum absolute atomic E-state index is 12.3. The molecule has 0 aliphatic carbocycles. The van der Waals surface area contributed by atoms with Crippen LogP contribution < -0.4 is 5.56 Å². The number of nitrogens with zero attached hydrogens (tertiary/aromatic N) is 1. The van der Waals surface area contributed by atoms with E-state index in [1.807, 2.05) is 25.1 Å². The number of H-pyrrole nitrogens is 1. The highest BCUT2D eigenvalue weighted by Crippen LogP contribution is 2.25. The van der Waals surface area contributed by atoms with Crippen LogP contribution in [-0.2, 0) is 11.2 Å². The molecule has 2 N–H and O–H groups in total. The van der Waals surface area contributed by atoms with Crippen LogP contribution in [0.3, 0.4) is 0 Å². The summed E-state index contributed by atoms with van der Waals surface area (Å²) in [6.45, 7) is 3.38. The second-order valence-corrected chi connectivity index (χ2v) is 5.51. The van der Waals surface area contributed by atoms with E-state index in [9.17, 15) is 9.90 Å². The third-order valence-electron chi connectivity index (χ3n) is 3.76. The van der Waals surface area contributed by atoms with E-state index in [0.29, 0.717) is 30.3 Å². The van der Waals surface area contributed by atoms with Crippen molar-refractivity contribution in [2.45, 2.75) is 19.8 Å². The van der Waals surface area contributed by atoms with E-state index in [4.69, 9.17) is 4.74 Å². The number of ether oxygens (including phenoxy) is 1. The van der Waals surface area contributed by atoms with Crippen molar-refractivity contribution in [3.05, 3.63) is 46.0 Å². The number of hydrogen-bond donors (Lipinski definition) is 2. The first-order valence-corrected chi connectivity index (χ1v) is 7.10. The lowest BCUT2D eigenvalue weighted by molar-refractivity contribution is 0.185. The van der Waals surface area contributed by atoms with Crippen molar-refractivity contribution < 1.29 is 9.84 Å². The van der Waals surface area contributed by atoms with E-state index < -0.39 is 0 Å². The summed E-state index contributed by atoms with van der Waals surface area (Å²) in [7, 11) is 0. The van der Waals surface area contributed by atoms with E-state index in [0.717, 1.165) is 18.6 Å². The highest BCUT2D eigenvalue weighted by Gasteiger charge is 2.19. The zero-order valence-corrected chi connectivity index (χ0v) is 11.9. The molecule has 0 spiro atoms. The molecule has 1 aliphatic rings. The van der Waals surface area contributed by atoms with Crippen LogP contribution in [0.25, 0.3) is 11.1 Å². The van der Waals surface area contributed by atoms with E-state index in [1.165, 1.54) is 0 Å². The molecule has 1 aromatic carbocycles. The topological polar surface area (TPSA) is 75.2 Å². The normalized spacial score (nSPS) is 18.0. The maximum atomic E-state index is 12.3. The van der Waals surface area contributed by atoms with Crippen molar-refractivity contribution in [1.29, 1.82) is 0 Å². The molecule has 2 aromatic rings. The largest absolute Gasteiger partial charge is 0.493 e. The Labute approximate surface area is 122 Å². The molecule has 1 saturated heterocycles. The molecule has 3 rings (SSSR count). The van der Waals surface area contributed by atoms with Gasteiger partial charge in [0.05, 0.1) is 0 Å². The SMILES string of the molecule is Cc1cccc(-c2c(O)nc(CC3CCOC3)[nH]c2=O)c1. The second kappa shape index (κ2) is 5.69. The van der Waals surface area contributed by atoms with Gasteiger partial charge in [0.15, 0.2) is 0 Å². The minimum Gasteiger partial charge on any atom is -0.493 e. The second-order valence-electron chi connectivity index (χ2n) is 5.51. The molecular formula is C16H18N2O3. The first-order chi connectivity index (χ1) is 10.1. The zero-order chi connectivity index (χ0) is 14.8. The maximum Gasteiger partial charge on any atom is 0.262 e. The number of aromatic hydroxyl groups is 1. The summed E-state index contributed by atoms with van der Waals surface area (Å²) in [4.78, 5) is 19.2. The molecule has 1 aliphatic heterocycles. The molecule has 1 unspecified atom stereocenters. The Hall–Kier alpha value is -2.14. The number of benzene rings is 1. The Morgan fingerprint density at radius 1 is 1.48 bits per heavy atom. The van der Waals surface area contributed by atoms with E-state index in [1.54, 1.807) is 6.07 Å². The van der Waals surface area contributed by atoms with Gasteiger partial charge in [-0.05, 0) is 24.8 Å². The fraction of sp³-hybridized carbons (Fsp3) is 0.375. The van der Waals surface area contributed by atoms with Gasteiger partial charge in [0.25, 0.3) is 5.56 Å². The van der Waals surface area contributed by atoms with Crippen molar-refractivity contribution >= 4 is 0 Å². The molecule has 5 nitrogen and oxygen atoms in total. The average molecular weight is 286 g/mol. The van der Waals surface area contributed by atoms with Crippen molar-refractivity contribution in [1.82, 2.24) is 9.97 Å². The molecule has 0 saturated carbocycles. The van der Waals surface area contributed by atoms with Crippen LogP contribution in [0.1, 0.15) is 17.8 Å². The summed E-state index contributed by atoms with van der Waals surface area (Å²) in [5.41, 5.74) is 1.63. The molecule has 110 valence electrons. The smallest absolute Gasteiger partial charge is 0.262 e. The Bertz CT molecular complexity index is 703. The van der Waals surface area contributed by atoms with Crippen molar-refractivity contribution in [2.24, 2.45) is 5.92 Å². The van der Waals surface area contributed by atoms with E-state index in [2.05, 4.69) is 9.97 Å². The summed E-state index contributed by atoms with van der Waals surface area (Å²) in [6.07, 6.45) is 1.58. The lowest BCUT2D eigenvalue weighted by atomic mass is 10.0. The Balaban J connectivity index is 1.94. The van der Waals surface area contributed by atoms with Gasteiger partial charge in [0, 0.05) is 19.6 Å². The van der Waals surface area contributed by atoms with Crippen LogP contribution in [0, 0.1) is 12.8 Å². The number of hydrogen-bond acceptors (Lipinski definition) is 4. The van der Waals surface area contributed by atoms with Gasteiger partial charge in [-0.3, -0.25) is 4.79 Å². The predicted octanol–water partition coefficient (Wildman–Crippen LogP) is 2.03. The lowest BCUT2D eigenvalue weighted by Crippen LogP contribution is -2.16. The number of aromatic nitrogens is 2. The average Bonchev–Trinajstić information content (AvgIpc) is 2.91. The van der Waals surface area contributed by atoms with Gasteiger partial charge in [-0.1, -0.05) is 29.8 Å². The van der Waals surface area contributed by atoms with E-state index >= 15 is 0 Å². The monoisotopic (exact) mass is 286 g/mol. The van der Waals surface area contributed by atoms with Crippen molar-refractivity contribution in [3.63, 3.8) is 0 Å². The molecule has 1 atom stereocenters. The molecule has 0 bridgehead atoms. The number of aryl methyl sites for hydroxylation is 1. The van der Waals surface area contributed by atoms with Gasteiger partial charge in [0.1, 0.15) is 11.4 Å². The van der Waals surface area contributed by atoms with Gasteiger partial charge in [-0.25, -0.2) is 0 Å². The number of rotatable bonds is 3. The van der Waals surface area contributed by atoms with Crippen LogP contribution in [0.5, 0.6) is 5.88 Å². The van der Waals surface area contributed by atoms with Gasteiger partial charge in [0.2, 0.25) is 5.88 Å². The van der Waals surface area contributed by atoms with Crippen LogP contribution >= 0.6 is 0 Å². The fourth-order valence-corrected chi connectivity index (χ4v) is 2.68. The fourth-order valence-electron chi connectivity index (χ4n) is 2.68. The Kier molecular flexibility index (Phi) is 3.75. The van der Waals surface area contributed by atoms with Crippen molar-refractivity contribution in [2.75, 3.05) is 13.2 Å². The van der Waals surface area contributed by atoms with Gasteiger partial charge in [-0.15, -0.1) is 0 Å². The molecule has 0 radical (unpaired) electrons. The molecule has 5 heteroatoms. The third-order valence-corrected chi connectivity index (χ3v) is 3.76. The first kappa shape index (κ1) is 13.8. The minimum atomic E-state index is -0.304. The summed E-state index contributed by atoms with van der Waals surface area (Å²) >= 11 is 0. The Morgan fingerprint density at radius 2 is 2.33 bits per heavy atom. The number of aromatic amines is 1. The molecule has 21 heavy (non-hydrogen) atoms. The summed E-state index contributed by atoms with van der Waals surface area (Å²) < 4.78 is 5.31. The first-order valence-electron chi connectivity index (χ1n) is 7.10. The third kappa shape index (κ3) is 2.97. The van der Waals surface area contributed by atoms with E-state index in [-0.39, 0.29) is 17.0 Å². The van der Waals surface area contributed by atoms with Gasteiger partial charge in [-0.2, -0.15) is 4.98 Å². The summed E-state index contributed by atoms with van der Waals surface area (Å²) in [5, 5.41) is 10.1. The lowest BCUT2D eigenvalue weighted by Gasteiger charge is -2.09. The van der Waals surface area contributed by atoms with Crippen LogP contribution in [0.2, 0.25) is 0 Å². The quantitative estimate of drug-likeness (QED) is 0.905. The Morgan fingerprint density at radius 3 is 3.00 bits per heavy atom. The molecule has 2 heterocycles. The highest BCUT2D eigenvalue weighted by molar-refractivity contribution is 5.67. The molecular weight excluding hydrogens is 268 g/mol. The molecule has 1 fully saturated rings. The predicted molar refractivity (Wildman–Crippen MR) is 79.3 cm³/mol. The van der Waals surface area contributed by atoms with Crippen LogP contribution in [-0.4, -0.2) is 28.3 Å². The van der Waals surface area contributed by atoms with Crippen molar-refractivity contribution in [3.8, 4) is 17.0 Å². The summed E-state index contributed by atoms with van der Waals surface area (Å²) in [6, 6.07) is 7.45. The highest BCUT2D eigenvalue weighted by atomic mass is 16.5. The zero-order valence-electron chi connectivity index (χ0n) is 11.9. The standard InChI is InChI=1S/C16H18N2O3/c1-10-3-2-4-12(7-10)14-15(19)17-13(18-16(14)20)8-11-5-6-21-9-11/h2-4,7,11H,5-6,8-9H2,1H3,(H2,17,18,19,20). The summed E-state index contributed by atoms with van der Waals surface area (Å²) in [5.74, 6) is 0.667. The molecule has 0 amide bonds. The van der Waals surface area contributed by atoms with Gasteiger partial charge < -0.3 is 14.8 Å². The van der Waals surface area contributed by atoms with Crippen LogP contribution in [0.4, 0.5) is 0 Å². The number of nitrogens with one attached hydrogen (secondary N) is 1. The van der Waals surface area contributed by atoms with Crippen LogP contribution in [0.15, 0.2) is 29.1 Å². The minimum absolute atomic E-state index is 0.210.